The number of nitrogens with two attached hydrogens (primary N) is 1. The molecule has 124 valence electrons. The third-order valence-corrected chi connectivity index (χ3v) is 3.21. The zero-order valence-electron chi connectivity index (χ0n) is 12.5. The number of nitro groups is 2. The molecule has 4 N–H and O–H groups in total. The van der Waals surface area contributed by atoms with Gasteiger partial charge in [0.15, 0.2) is 0 Å². The number of aryl methyl sites for hydroxylation is 1. The molecule has 0 aliphatic rings. The summed E-state index contributed by atoms with van der Waals surface area (Å²) in [5.41, 5.74) is 1.59. The largest absolute Gasteiger partial charge is 0.349 e. The molecule has 2 rings (SSSR count). The Labute approximate surface area is 135 Å². The lowest BCUT2D eigenvalue weighted by Gasteiger charge is -2.12. The van der Waals surface area contributed by atoms with E-state index in [0.29, 0.717) is 5.69 Å². The molecule has 0 saturated carbocycles. The maximum atomic E-state index is 11.9. The summed E-state index contributed by atoms with van der Waals surface area (Å²) in [5, 5.41) is 25.0. The summed E-state index contributed by atoms with van der Waals surface area (Å²) in [6.07, 6.45) is 0. The van der Waals surface area contributed by atoms with Crippen molar-refractivity contribution in [2.24, 2.45) is 5.84 Å². The highest BCUT2D eigenvalue weighted by Gasteiger charge is 2.27. The molecule has 10 heteroatoms. The summed E-state index contributed by atoms with van der Waals surface area (Å²) in [6.45, 7) is 1.87. The molecule has 2 aromatic rings. The molecular weight excluding hydrogens is 318 g/mol. The summed E-state index contributed by atoms with van der Waals surface area (Å²) in [4.78, 5) is 32.5. The Morgan fingerprint density at radius 1 is 1.08 bits per heavy atom. The van der Waals surface area contributed by atoms with Crippen LogP contribution < -0.4 is 16.6 Å². The van der Waals surface area contributed by atoms with Gasteiger partial charge in [-0.2, -0.15) is 0 Å². The van der Waals surface area contributed by atoms with E-state index in [0.717, 1.165) is 17.7 Å². The molecule has 0 heterocycles. The van der Waals surface area contributed by atoms with Crippen molar-refractivity contribution < 1.29 is 14.6 Å². The van der Waals surface area contributed by atoms with Crippen LogP contribution in [0, 0.1) is 27.2 Å². The number of nitrogens with zero attached hydrogens (tertiary/aromatic N) is 2. The first-order valence-electron chi connectivity index (χ1n) is 6.65. The van der Waals surface area contributed by atoms with Gasteiger partial charge in [0.05, 0.1) is 21.5 Å². The van der Waals surface area contributed by atoms with Crippen molar-refractivity contribution in [3.05, 3.63) is 67.8 Å². The van der Waals surface area contributed by atoms with Gasteiger partial charge in [-0.1, -0.05) is 17.7 Å². The molecule has 2 aromatic carbocycles. The molecular formula is C14H13N5O5. The van der Waals surface area contributed by atoms with Gasteiger partial charge in [-0.25, -0.2) is 5.84 Å². The van der Waals surface area contributed by atoms with Crippen molar-refractivity contribution in [3.8, 4) is 0 Å². The van der Waals surface area contributed by atoms with Crippen LogP contribution in [-0.4, -0.2) is 15.8 Å². The Kier molecular flexibility index (Phi) is 4.70. The highest BCUT2D eigenvalue weighted by Crippen LogP contribution is 2.35. The Morgan fingerprint density at radius 3 is 2.21 bits per heavy atom. The van der Waals surface area contributed by atoms with E-state index in [2.05, 4.69) is 5.32 Å². The third kappa shape index (κ3) is 3.44. The molecule has 0 spiro atoms. The Bertz CT molecular complexity index is 819. The minimum absolute atomic E-state index is 0.183. The van der Waals surface area contributed by atoms with Crippen LogP contribution >= 0.6 is 0 Å². The van der Waals surface area contributed by atoms with Crippen molar-refractivity contribution in [1.82, 2.24) is 5.43 Å². The molecule has 0 unspecified atom stereocenters. The van der Waals surface area contributed by atoms with Crippen molar-refractivity contribution in [2.45, 2.75) is 6.92 Å². The molecule has 24 heavy (non-hydrogen) atoms. The lowest BCUT2D eigenvalue weighted by Crippen LogP contribution is -2.30. The van der Waals surface area contributed by atoms with Crippen LogP contribution in [0.15, 0.2) is 36.4 Å². The van der Waals surface area contributed by atoms with Crippen LogP contribution in [0.2, 0.25) is 0 Å². The molecule has 0 bridgehead atoms. The standard InChI is InChI=1S/C14H13N5O5/c1-8-2-4-9(5-3-8)16-13-11(14(20)17-15)6-10(18(21)22)7-12(13)19(23)24/h2-7,16H,15H2,1H3,(H,17,20). The lowest BCUT2D eigenvalue weighted by atomic mass is 10.1. The van der Waals surface area contributed by atoms with E-state index in [1.54, 1.807) is 24.3 Å². The molecule has 0 aromatic heterocycles. The predicted octanol–water partition coefficient (Wildman–Crippen LogP) is 2.16. The van der Waals surface area contributed by atoms with Crippen LogP contribution in [0.25, 0.3) is 0 Å². The van der Waals surface area contributed by atoms with Crippen molar-refractivity contribution >= 4 is 28.7 Å². The normalized spacial score (nSPS) is 10.1. The second-order valence-corrected chi connectivity index (χ2v) is 4.87. The van der Waals surface area contributed by atoms with E-state index in [9.17, 15) is 25.0 Å². The van der Waals surface area contributed by atoms with Crippen LogP contribution in [-0.2, 0) is 0 Å². The number of rotatable bonds is 5. The fraction of sp³-hybridized carbons (Fsp3) is 0.0714. The summed E-state index contributed by atoms with van der Waals surface area (Å²) >= 11 is 0. The number of hydrazine groups is 1. The second-order valence-electron chi connectivity index (χ2n) is 4.87. The minimum atomic E-state index is -0.892. The van der Waals surface area contributed by atoms with Gasteiger partial charge in [-0.3, -0.25) is 30.4 Å². The summed E-state index contributed by atoms with van der Waals surface area (Å²) in [6, 6.07) is 8.55. The summed E-state index contributed by atoms with van der Waals surface area (Å²) < 4.78 is 0. The zero-order valence-corrected chi connectivity index (χ0v) is 12.5. The second kappa shape index (κ2) is 6.71. The van der Waals surface area contributed by atoms with Gasteiger partial charge in [0, 0.05) is 11.8 Å². The van der Waals surface area contributed by atoms with Gasteiger partial charge in [0.1, 0.15) is 5.69 Å². The predicted molar refractivity (Wildman–Crippen MR) is 85.9 cm³/mol. The van der Waals surface area contributed by atoms with Crippen LogP contribution in [0.1, 0.15) is 15.9 Å². The SMILES string of the molecule is Cc1ccc(Nc2c(C(=O)NN)cc([N+](=O)[O-])cc2[N+](=O)[O-])cc1. The van der Waals surface area contributed by atoms with Crippen LogP contribution in [0.4, 0.5) is 22.7 Å². The number of anilines is 2. The van der Waals surface area contributed by atoms with Crippen LogP contribution in [0.5, 0.6) is 0 Å². The molecule has 0 atom stereocenters. The Hall–Kier alpha value is -3.53. The average molecular weight is 331 g/mol. The van der Waals surface area contributed by atoms with E-state index < -0.39 is 27.1 Å². The van der Waals surface area contributed by atoms with E-state index >= 15 is 0 Å². The van der Waals surface area contributed by atoms with Crippen molar-refractivity contribution in [3.63, 3.8) is 0 Å². The van der Waals surface area contributed by atoms with Crippen molar-refractivity contribution in [1.29, 1.82) is 0 Å². The maximum absolute atomic E-state index is 11.9. The van der Waals surface area contributed by atoms with Gasteiger partial charge in [0.2, 0.25) is 0 Å². The first kappa shape index (κ1) is 16.8. The smallest absolute Gasteiger partial charge is 0.300 e. The molecule has 0 radical (unpaired) electrons. The first-order valence-corrected chi connectivity index (χ1v) is 6.65. The van der Waals surface area contributed by atoms with Gasteiger partial charge >= 0.3 is 0 Å². The minimum Gasteiger partial charge on any atom is -0.349 e. The summed E-state index contributed by atoms with van der Waals surface area (Å²) in [5.74, 6) is 4.18. The molecule has 0 aliphatic heterocycles. The van der Waals surface area contributed by atoms with Gasteiger partial charge in [-0.05, 0) is 19.1 Å². The molecule has 0 fully saturated rings. The van der Waals surface area contributed by atoms with Gasteiger partial charge < -0.3 is 5.32 Å². The highest BCUT2D eigenvalue weighted by atomic mass is 16.6. The number of carbonyl (C=O) groups excluding carboxylic acids is 1. The maximum Gasteiger partial charge on any atom is 0.300 e. The Morgan fingerprint density at radius 2 is 1.71 bits per heavy atom. The number of benzene rings is 2. The van der Waals surface area contributed by atoms with Crippen LogP contribution in [0.3, 0.4) is 0 Å². The summed E-state index contributed by atoms with van der Waals surface area (Å²) in [7, 11) is 0. The van der Waals surface area contributed by atoms with Gasteiger partial charge in [0.25, 0.3) is 17.3 Å². The number of carbonyl (C=O) groups is 1. The molecule has 1 amide bonds. The average Bonchev–Trinajstić information content (AvgIpc) is 2.55. The monoisotopic (exact) mass is 331 g/mol. The quantitative estimate of drug-likeness (QED) is 0.328. The number of non-ortho nitro benzene ring substituents is 1. The fourth-order valence-corrected chi connectivity index (χ4v) is 2.03. The fourth-order valence-electron chi connectivity index (χ4n) is 2.03. The molecule has 0 saturated heterocycles. The number of nitrogen functional groups attached to an aromatic ring is 1. The van der Waals surface area contributed by atoms with E-state index in [1.165, 1.54) is 0 Å². The topological polar surface area (TPSA) is 153 Å². The molecule has 10 nitrogen and oxygen atoms in total. The van der Waals surface area contributed by atoms with Crippen molar-refractivity contribution in [2.75, 3.05) is 5.32 Å². The molecule has 0 aliphatic carbocycles. The van der Waals surface area contributed by atoms with E-state index in [-0.39, 0.29) is 11.3 Å². The number of hydrogen-bond acceptors (Lipinski definition) is 7. The highest BCUT2D eigenvalue weighted by molar-refractivity contribution is 6.03. The number of nitrogens with one attached hydrogen (secondary N) is 2. The van der Waals surface area contributed by atoms with Gasteiger partial charge in [-0.15, -0.1) is 0 Å². The Balaban J connectivity index is 2.65. The van der Waals surface area contributed by atoms with E-state index in [1.807, 2.05) is 12.3 Å². The number of amides is 1. The third-order valence-electron chi connectivity index (χ3n) is 3.21. The number of hydrogen-bond donors (Lipinski definition) is 3. The number of nitro benzene ring substituents is 2. The lowest BCUT2D eigenvalue weighted by molar-refractivity contribution is -0.393. The zero-order chi connectivity index (χ0) is 17.9. The van der Waals surface area contributed by atoms with E-state index in [4.69, 9.17) is 5.84 Å². The first-order chi connectivity index (χ1) is 11.3.